The summed E-state index contributed by atoms with van der Waals surface area (Å²) in [6, 6.07) is 6.79. The van der Waals surface area contributed by atoms with E-state index in [1.54, 1.807) is 29.2 Å². The van der Waals surface area contributed by atoms with Crippen LogP contribution in [0.3, 0.4) is 0 Å². The summed E-state index contributed by atoms with van der Waals surface area (Å²) in [6.45, 7) is 3.54. The summed E-state index contributed by atoms with van der Waals surface area (Å²) in [4.78, 5) is 37.3. The van der Waals surface area contributed by atoms with Gasteiger partial charge in [-0.3, -0.25) is 14.4 Å². The van der Waals surface area contributed by atoms with Crippen molar-refractivity contribution >= 4 is 23.5 Å². The largest absolute Gasteiger partial charge is 0.469 e. The summed E-state index contributed by atoms with van der Waals surface area (Å²) < 4.78 is 9.84. The van der Waals surface area contributed by atoms with Crippen molar-refractivity contribution < 1.29 is 23.9 Å². The van der Waals surface area contributed by atoms with Crippen LogP contribution in [0.25, 0.3) is 0 Å². The number of benzene rings is 1. The first-order chi connectivity index (χ1) is 11.5. The van der Waals surface area contributed by atoms with Gasteiger partial charge in [-0.2, -0.15) is 0 Å². The monoisotopic (exact) mass is 334 g/mol. The van der Waals surface area contributed by atoms with Crippen LogP contribution in [-0.2, 0) is 19.1 Å². The van der Waals surface area contributed by atoms with Gasteiger partial charge in [0, 0.05) is 24.2 Å². The van der Waals surface area contributed by atoms with E-state index in [9.17, 15) is 14.4 Å². The molecular weight excluding hydrogens is 312 g/mol. The fourth-order valence-electron chi connectivity index (χ4n) is 2.47. The molecule has 0 saturated carbocycles. The number of methoxy groups -OCH3 is 1. The van der Waals surface area contributed by atoms with Crippen LogP contribution in [0.2, 0.25) is 0 Å². The molecule has 1 unspecified atom stereocenters. The number of ether oxygens (including phenoxy) is 2. The van der Waals surface area contributed by atoms with Crippen molar-refractivity contribution in [1.82, 2.24) is 4.90 Å². The number of amides is 2. The molecule has 130 valence electrons. The highest BCUT2D eigenvalue weighted by Gasteiger charge is 2.24. The summed E-state index contributed by atoms with van der Waals surface area (Å²) in [6.07, 6.45) is 0.0532. The number of nitrogens with one attached hydrogen (secondary N) is 1. The zero-order valence-electron chi connectivity index (χ0n) is 13.9. The van der Waals surface area contributed by atoms with Crippen molar-refractivity contribution in [3.63, 3.8) is 0 Å². The van der Waals surface area contributed by atoms with Gasteiger partial charge in [-0.05, 0) is 25.1 Å². The maximum Gasteiger partial charge on any atom is 0.306 e. The molecule has 1 aromatic rings. The van der Waals surface area contributed by atoms with Crippen LogP contribution >= 0.6 is 0 Å². The van der Waals surface area contributed by atoms with Gasteiger partial charge in [0.1, 0.15) is 0 Å². The van der Waals surface area contributed by atoms with Crippen LogP contribution in [0.15, 0.2) is 24.3 Å². The van der Waals surface area contributed by atoms with Crippen LogP contribution in [0.4, 0.5) is 5.69 Å². The number of hydrogen-bond donors (Lipinski definition) is 1. The fraction of sp³-hybridized carbons (Fsp3) is 0.471. The third-order valence-electron chi connectivity index (χ3n) is 3.81. The van der Waals surface area contributed by atoms with Crippen molar-refractivity contribution in [3.05, 3.63) is 29.8 Å². The van der Waals surface area contributed by atoms with E-state index in [0.717, 1.165) is 0 Å². The number of hydrogen-bond acceptors (Lipinski definition) is 5. The fourth-order valence-corrected chi connectivity index (χ4v) is 2.47. The SMILES string of the molecule is COC(=O)CCC(=O)Nc1cccc(C(=O)N2CCOCC2C)c1. The Morgan fingerprint density at radius 1 is 1.33 bits per heavy atom. The second-order valence-corrected chi connectivity index (χ2v) is 5.63. The lowest BCUT2D eigenvalue weighted by Crippen LogP contribution is -2.47. The van der Waals surface area contributed by atoms with Gasteiger partial charge in [-0.25, -0.2) is 0 Å². The molecule has 7 nitrogen and oxygen atoms in total. The van der Waals surface area contributed by atoms with Gasteiger partial charge >= 0.3 is 5.97 Å². The molecule has 1 atom stereocenters. The third kappa shape index (κ3) is 4.79. The Balaban J connectivity index is 1.99. The molecule has 1 heterocycles. The standard InChI is InChI=1S/C17H22N2O5/c1-12-11-24-9-8-19(12)17(22)13-4-3-5-14(10-13)18-15(20)6-7-16(21)23-2/h3-5,10,12H,6-9,11H2,1-2H3,(H,18,20). The van der Waals surface area contributed by atoms with E-state index in [2.05, 4.69) is 10.1 Å². The van der Waals surface area contributed by atoms with E-state index in [1.165, 1.54) is 7.11 Å². The number of morpholine rings is 1. The molecule has 1 aliphatic heterocycles. The van der Waals surface area contributed by atoms with Crippen LogP contribution in [0, 0.1) is 0 Å². The molecule has 1 saturated heterocycles. The molecular formula is C17H22N2O5. The Morgan fingerprint density at radius 2 is 2.12 bits per heavy atom. The van der Waals surface area contributed by atoms with Crippen LogP contribution < -0.4 is 5.32 Å². The van der Waals surface area contributed by atoms with Crippen LogP contribution in [-0.4, -0.2) is 55.6 Å². The molecule has 0 spiro atoms. The van der Waals surface area contributed by atoms with Gasteiger partial charge in [-0.15, -0.1) is 0 Å². The molecule has 0 aromatic heterocycles. The molecule has 1 N–H and O–H groups in total. The summed E-state index contributed by atoms with van der Waals surface area (Å²) in [5.41, 5.74) is 1.03. The van der Waals surface area contributed by atoms with Crippen molar-refractivity contribution in [2.45, 2.75) is 25.8 Å². The number of rotatable bonds is 5. The lowest BCUT2D eigenvalue weighted by atomic mass is 10.1. The van der Waals surface area contributed by atoms with E-state index in [0.29, 0.717) is 31.0 Å². The molecule has 2 rings (SSSR count). The summed E-state index contributed by atoms with van der Waals surface area (Å²) >= 11 is 0. The highest BCUT2D eigenvalue weighted by Crippen LogP contribution is 2.16. The summed E-state index contributed by atoms with van der Waals surface area (Å²) in [7, 11) is 1.28. The first-order valence-corrected chi connectivity index (χ1v) is 7.86. The topological polar surface area (TPSA) is 84.9 Å². The normalized spacial score (nSPS) is 17.2. The Hall–Kier alpha value is -2.41. The number of anilines is 1. The Morgan fingerprint density at radius 3 is 2.83 bits per heavy atom. The Labute approximate surface area is 140 Å². The minimum Gasteiger partial charge on any atom is -0.469 e. The van der Waals surface area contributed by atoms with Crippen LogP contribution in [0.5, 0.6) is 0 Å². The average molecular weight is 334 g/mol. The van der Waals surface area contributed by atoms with Crippen molar-refractivity contribution in [2.75, 3.05) is 32.2 Å². The molecule has 1 aliphatic rings. The minimum absolute atomic E-state index is 0.0181. The van der Waals surface area contributed by atoms with Crippen molar-refractivity contribution in [1.29, 1.82) is 0 Å². The minimum atomic E-state index is -0.435. The van der Waals surface area contributed by atoms with Crippen molar-refractivity contribution in [3.8, 4) is 0 Å². The Kier molecular flexibility index (Phi) is 6.31. The summed E-state index contributed by atoms with van der Waals surface area (Å²) in [5.74, 6) is -0.823. The van der Waals surface area contributed by atoms with E-state index < -0.39 is 5.97 Å². The molecule has 0 bridgehead atoms. The lowest BCUT2D eigenvalue weighted by molar-refractivity contribution is -0.141. The highest BCUT2D eigenvalue weighted by molar-refractivity contribution is 5.97. The predicted molar refractivity (Wildman–Crippen MR) is 87.6 cm³/mol. The smallest absolute Gasteiger partial charge is 0.306 e. The number of carbonyl (C=O) groups is 3. The van der Waals surface area contributed by atoms with E-state index in [1.807, 2.05) is 6.92 Å². The number of carbonyl (C=O) groups excluding carboxylic acids is 3. The zero-order valence-corrected chi connectivity index (χ0v) is 13.9. The molecule has 1 aromatic carbocycles. The lowest BCUT2D eigenvalue weighted by Gasteiger charge is -2.33. The summed E-state index contributed by atoms with van der Waals surface area (Å²) in [5, 5.41) is 2.69. The molecule has 0 radical (unpaired) electrons. The first-order valence-electron chi connectivity index (χ1n) is 7.86. The van der Waals surface area contributed by atoms with Gasteiger partial charge < -0.3 is 19.7 Å². The first kappa shape index (κ1) is 17.9. The average Bonchev–Trinajstić information content (AvgIpc) is 2.59. The number of esters is 1. The zero-order chi connectivity index (χ0) is 17.5. The van der Waals surface area contributed by atoms with Gasteiger partial charge in [0.25, 0.3) is 5.91 Å². The van der Waals surface area contributed by atoms with Gasteiger partial charge in [0.2, 0.25) is 5.91 Å². The quantitative estimate of drug-likeness (QED) is 0.824. The predicted octanol–water partition coefficient (Wildman–Crippen LogP) is 1.44. The second-order valence-electron chi connectivity index (χ2n) is 5.63. The highest BCUT2D eigenvalue weighted by atomic mass is 16.5. The van der Waals surface area contributed by atoms with Gasteiger partial charge in [-0.1, -0.05) is 6.07 Å². The maximum absolute atomic E-state index is 12.6. The molecule has 0 aliphatic carbocycles. The molecule has 24 heavy (non-hydrogen) atoms. The van der Waals surface area contributed by atoms with E-state index in [-0.39, 0.29) is 30.7 Å². The molecule has 1 fully saturated rings. The molecule has 7 heteroatoms. The van der Waals surface area contributed by atoms with Crippen molar-refractivity contribution in [2.24, 2.45) is 0 Å². The Bertz CT molecular complexity index is 617. The van der Waals surface area contributed by atoms with Crippen LogP contribution in [0.1, 0.15) is 30.1 Å². The third-order valence-corrected chi connectivity index (χ3v) is 3.81. The second kappa shape index (κ2) is 8.44. The molecule has 2 amide bonds. The van der Waals surface area contributed by atoms with Gasteiger partial charge in [0.05, 0.1) is 32.8 Å². The number of nitrogens with zero attached hydrogens (tertiary/aromatic N) is 1. The van der Waals surface area contributed by atoms with Gasteiger partial charge in [0.15, 0.2) is 0 Å². The van der Waals surface area contributed by atoms with E-state index >= 15 is 0 Å². The maximum atomic E-state index is 12.6. The van der Waals surface area contributed by atoms with E-state index in [4.69, 9.17) is 4.74 Å².